The molecular formula is C19H21NO. The van der Waals surface area contributed by atoms with Crippen molar-refractivity contribution in [2.45, 2.75) is 32.0 Å². The van der Waals surface area contributed by atoms with Gasteiger partial charge < -0.3 is 4.79 Å². The van der Waals surface area contributed by atoms with Gasteiger partial charge in [-0.3, -0.25) is 4.90 Å². The third-order valence-corrected chi connectivity index (χ3v) is 4.32. The van der Waals surface area contributed by atoms with E-state index < -0.39 is 0 Å². The first kappa shape index (κ1) is 14.0. The molecule has 0 spiro atoms. The summed E-state index contributed by atoms with van der Waals surface area (Å²) in [7, 11) is 0. The maximum Gasteiger partial charge on any atom is 0.123 e. The number of aldehydes is 1. The molecule has 0 heterocycles. The van der Waals surface area contributed by atoms with E-state index in [9.17, 15) is 4.79 Å². The second-order valence-electron chi connectivity index (χ2n) is 5.90. The molecule has 1 aliphatic carbocycles. The summed E-state index contributed by atoms with van der Waals surface area (Å²) >= 11 is 0. The molecule has 3 rings (SSSR count). The Bertz CT molecular complexity index is 519. The van der Waals surface area contributed by atoms with E-state index in [0.717, 1.165) is 32.2 Å². The molecule has 0 unspecified atom stereocenters. The van der Waals surface area contributed by atoms with Crippen molar-refractivity contribution in [1.29, 1.82) is 0 Å². The normalized spacial score (nSPS) is 21.0. The van der Waals surface area contributed by atoms with Crippen LogP contribution >= 0.6 is 0 Å². The first-order valence-electron chi connectivity index (χ1n) is 7.62. The highest BCUT2D eigenvalue weighted by Crippen LogP contribution is 2.32. The van der Waals surface area contributed by atoms with Crippen LogP contribution in [0.4, 0.5) is 0 Å². The first-order chi connectivity index (χ1) is 10.3. The van der Waals surface area contributed by atoms with Gasteiger partial charge in [-0.25, -0.2) is 0 Å². The number of rotatable bonds is 6. The van der Waals surface area contributed by atoms with E-state index in [1.165, 1.54) is 11.1 Å². The van der Waals surface area contributed by atoms with Gasteiger partial charge in [0.15, 0.2) is 0 Å². The standard InChI is InChI=1S/C19H21NO/c21-15-18-11-19(12-18)20(13-16-7-3-1-4-8-16)14-17-9-5-2-6-10-17/h1-10,15,18-19H,11-14H2. The third kappa shape index (κ3) is 3.59. The summed E-state index contributed by atoms with van der Waals surface area (Å²) in [6.07, 6.45) is 3.12. The highest BCUT2D eigenvalue weighted by molar-refractivity contribution is 5.55. The molecular weight excluding hydrogens is 258 g/mol. The molecule has 1 fully saturated rings. The fourth-order valence-corrected chi connectivity index (χ4v) is 2.99. The summed E-state index contributed by atoms with van der Waals surface area (Å²) in [6, 6.07) is 21.7. The van der Waals surface area contributed by atoms with Crippen molar-refractivity contribution in [2.24, 2.45) is 5.92 Å². The second-order valence-corrected chi connectivity index (χ2v) is 5.90. The molecule has 0 amide bonds. The van der Waals surface area contributed by atoms with Gasteiger partial charge in [0.2, 0.25) is 0 Å². The highest BCUT2D eigenvalue weighted by Gasteiger charge is 2.33. The van der Waals surface area contributed by atoms with Crippen LogP contribution in [-0.4, -0.2) is 17.2 Å². The van der Waals surface area contributed by atoms with Crippen molar-refractivity contribution in [3.63, 3.8) is 0 Å². The number of nitrogens with zero attached hydrogens (tertiary/aromatic N) is 1. The number of carbonyl (C=O) groups excluding carboxylic acids is 1. The van der Waals surface area contributed by atoms with Crippen LogP contribution in [0.25, 0.3) is 0 Å². The predicted molar refractivity (Wildman–Crippen MR) is 84.7 cm³/mol. The molecule has 0 saturated heterocycles. The van der Waals surface area contributed by atoms with Gasteiger partial charge in [-0.1, -0.05) is 60.7 Å². The Morgan fingerprint density at radius 3 is 1.76 bits per heavy atom. The van der Waals surface area contributed by atoms with Crippen LogP contribution in [-0.2, 0) is 17.9 Å². The Morgan fingerprint density at radius 1 is 0.857 bits per heavy atom. The Balaban J connectivity index is 1.70. The van der Waals surface area contributed by atoms with Crippen molar-refractivity contribution >= 4 is 6.29 Å². The quantitative estimate of drug-likeness (QED) is 0.752. The molecule has 2 nitrogen and oxygen atoms in total. The zero-order chi connectivity index (χ0) is 14.5. The number of benzene rings is 2. The van der Waals surface area contributed by atoms with Crippen molar-refractivity contribution in [2.75, 3.05) is 0 Å². The Kier molecular flexibility index (Phi) is 4.46. The van der Waals surface area contributed by atoms with Crippen LogP contribution in [0.1, 0.15) is 24.0 Å². The molecule has 0 aliphatic heterocycles. The van der Waals surface area contributed by atoms with E-state index >= 15 is 0 Å². The lowest BCUT2D eigenvalue weighted by atomic mass is 9.80. The van der Waals surface area contributed by atoms with E-state index in [2.05, 4.69) is 65.6 Å². The lowest BCUT2D eigenvalue weighted by Crippen LogP contribution is -2.44. The minimum atomic E-state index is 0.268. The summed E-state index contributed by atoms with van der Waals surface area (Å²) in [6.45, 7) is 1.90. The SMILES string of the molecule is O=CC1CC(N(Cc2ccccc2)Cc2ccccc2)C1. The fourth-order valence-electron chi connectivity index (χ4n) is 2.99. The van der Waals surface area contributed by atoms with Crippen LogP contribution in [0, 0.1) is 5.92 Å². The number of hydrogen-bond acceptors (Lipinski definition) is 2. The summed E-state index contributed by atoms with van der Waals surface area (Å²) in [4.78, 5) is 13.4. The van der Waals surface area contributed by atoms with Crippen LogP contribution in [0.5, 0.6) is 0 Å². The van der Waals surface area contributed by atoms with Crippen molar-refractivity contribution in [1.82, 2.24) is 4.90 Å². The maximum absolute atomic E-state index is 10.9. The minimum Gasteiger partial charge on any atom is -0.303 e. The molecule has 0 radical (unpaired) electrons. The lowest BCUT2D eigenvalue weighted by Gasteiger charge is -2.41. The Labute approximate surface area is 126 Å². The van der Waals surface area contributed by atoms with E-state index in [0.29, 0.717) is 6.04 Å². The molecule has 108 valence electrons. The smallest absolute Gasteiger partial charge is 0.123 e. The summed E-state index contributed by atoms with van der Waals surface area (Å²) in [5, 5.41) is 0. The number of carbonyl (C=O) groups is 1. The Morgan fingerprint density at radius 2 is 1.33 bits per heavy atom. The summed E-state index contributed by atoms with van der Waals surface area (Å²) < 4.78 is 0. The zero-order valence-corrected chi connectivity index (χ0v) is 12.2. The van der Waals surface area contributed by atoms with Crippen LogP contribution in [0.15, 0.2) is 60.7 Å². The van der Waals surface area contributed by atoms with Gasteiger partial charge in [-0.05, 0) is 24.0 Å². The fraction of sp³-hybridized carbons (Fsp3) is 0.316. The van der Waals surface area contributed by atoms with E-state index in [4.69, 9.17) is 0 Å². The average Bonchev–Trinajstić information content (AvgIpc) is 2.48. The molecule has 0 atom stereocenters. The van der Waals surface area contributed by atoms with Gasteiger partial charge in [0.25, 0.3) is 0 Å². The van der Waals surface area contributed by atoms with Crippen molar-refractivity contribution in [3.8, 4) is 0 Å². The largest absolute Gasteiger partial charge is 0.303 e. The topological polar surface area (TPSA) is 20.3 Å². The van der Waals surface area contributed by atoms with Gasteiger partial charge in [0.05, 0.1) is 0 Å². The summed E-state index contributed by atoms with van der Waals surface area (Å²) in [5.74, 6) is 0.268. The monoisotopic (exact) mass is 279 g/mol. The lowest BCUT2D eigenvalue weighted by molar-refractivity contribution is -0.115. The first-order valence-corrected chi connectivity index (χ1v) is 7.62. The van der Waals surface area contributed by atoms with Crippen molar-refractivity contribution in [3.05, 3.63) is 71.8 Å². The molecule has 0 bridgehead atoms. The number of hydrogen-bond donors (Lipinski definition) is 0. The van der Waals surface area contributed by atoms with Gasteiger partial charge in [-0.15, -0.1) is 0 Å². The second kappa shape index (κ2) is 6.68. The van der Waals surface area contributed by atoms with Crippen LogP contribution in [0.2, 0.25) is 0 Å². The average molecular weight is 279 g/mol. The van der Waals surface area contributed by atoms with E-state index in [-0.39, 0.29) is 5.92 Å². The maximum atomic E-state index is 10.9. The molecule has 21 heavy (non-hydrogen) atoms. The summed E-state index contributed by atoms with van der Waals surface area (Å²) in [5.41, 5.74) is 2.67. The van der Waals surface area contributed by atoms with E-state index in [1.54, 1.807) is 0 Å². The zero-order valence-electron chi connectivity index (χ0n) is 12.2. The molecule has 1 saturated carbocycles. The highest BCUT2D eigenvalue weighted by atomic mass is 16.1. The van der Waals surface area contributed by atoms with Gasteiger partial charge in [0.1, 0.15) is 6.29 Å². The molecule has 0 N–H and O–H groups in total. The molecule has 2 aromatic rings. The molecule has 2 heteroatoms. The van der Waals surface area contributed by atoms with Gasteiger partial charge >= 0.3 is 0 Å². The van der Waals surface area contributed by atoms with Gasteiger partial charge in [-0.2, -0.15) is 0 Å². The predicted octanol–water partition coefficient (Wildman–Crippen LogP) is 3.67. The van der Waals surface area contributed by atoms with Crippen LogP contribution < -0.4 is 0 Å². The van der Waals surface area contributed by atoms with E-state index in [1.807, 2.05) is 0 Å². The third-order valence-electron chi connectivity index (χ3n) is 4.32. The van der Waals surface area contributed by atoms with Crippen LogP contribution in [0.3, 0.4) is 0 Å². The molecule has 2 aromatic carbocycles. The van der Waals surface area contributed by atoms with Crippen molar-refractivity contribution < 1.29 is 4.79 Å². The minimum absolute atomic E-state index is 0.268. The molecule has 1 aliphatic rings. The van der Waals surface area contributed by atoms with Gasteiger partial charge in [0, 0.05) is 25.0 Å². The molecule has 0 aromatic heterocycles. The Hall–Kier alpha value is -1.93.